The van der Waals surface area contributed by atoms with Crippen molar-refractivity contribution >= 4 is 29.9 Å². The Morgan fingerprint density at radius 1 is 1.45 bits per heavy atom. The number of nitrogens with one attached hydrogen (secondary N) is 2. The Bertz CT molecular complexity index is 455. The minimum absolute atomic E-state index is 0. The van der Waals surface area contributed by atoms with Gasteiger partial charge in [0.1, 0.15) is 11.5 Å². The summed E-state index contributed by atoms with van der Waals surface area (Å²) < 4.78 is 10.8. The summed E-state index contributed by atoms with van der Waals surface area (Å²) >= 11 is 0. The maximum absolute atomic E-state index is 5.60. The van der Waals surface area contributed by atoms with Gasteiger partial charge in [-0.2, -0.15) is 0 Å². The highest BCUT2D eigenvalue weighted by Gasteiger charge is 2.33. The topological polar surface area (TPSA) is 58.8 Å². The van der Waals surface area contributed by atoms with Crippen molar-refractivity contribution in [2.24, 2.45) is 10.4 Å². The lowest BCUT2D eigenvalue weighted by molar-refractivity contribution is -0.0971. The van der Waals surface area contributed by atoms with E-state index in [2.05, 4.69) is 29.5 Å². The third kappa shape index (κ3) is 4.37. The molecule has 114 valence electrons. The van der Waals surface area contributed by atoms with Gasteiger partial charge in [0, 0.05) is 19.0 Å². The Hall–Kier alpha value is -0.760. The minimum atomic E-state index is 0. The Morgan fingerprint density at radius 3 is 2.60 bits per heavy atom. The maximum Gasteiger partial charge on any atom is 0.191 e. The molecular weight excluding hydrogens is 369 g/mol. The lowest BCUT2D eigenvalue weighted by Gasteiger charge is -2.38. The highest BCUT2D eigenvalue weighted by atomic mass is 127. The van der Waals surface area contributed by atoms with E-state index in [9.17, 15) is 0 Å². The summed E-state index contributed by atoms with van der Waals surface area (Å²) in [5.74, 6) is 2.62. The lowest BCUT2D eigenvalue weighted by atomic mass is 9.89. The van der Waals surface area contributed by atoms with Crippen LogP contribution in [0.25, 0.3) is 0 Å². The second kappa shape index (κ2) is 7.31. The summed E-state index contributed by atoms with van der Waals surface area (Å²) in [7, 11) is 1.77. The fourth-order valence-corrected chi connectivity index (χ4v) is 2.01. The van der Waals surface area contributed by atoms with Gasteiger partial charge >= 0.3 is 0 Å². The van der Waals surface area contributed by atoms with E-state index in [1.54, 1.807) is 7.05 Å². The van der Waals surface area contributed by atoms with E-state index in [-0.39, 0.29) is 35.4 Å². The van der Waals surface area contributed by atoms with Crippen LogP contribution in [0.15, 0.2) is 21.5 Å². The van der Waals surface area contributed by atoms with Gasteiger partial charge < -0.3 is 19.8 Å². The highest BCUT2D eigenvalue weighted by molar-refractivity contribution is 14.0. The third-order valence-corrected chi connectivity index (χ3v) is 3.35. The first kappa shape index (κ1) is 17.3. The molecule has 1 unspecified atom stereocenters. The fraction of sp³-hybridized carbons (Fsp3) is 0.643. The van der Waals surface area contributed by atoms with Crippen LogP contribution < -0.4 is 10.6 Å². The largest absolute Gasteiger partial charge is 0.464 e. The highest BCUT2D eigenvalue weighted by Crippen LogP contribution is 2.25. The number of halogens is 1. The van der Waals surface area contributed by atoms with Crippen LogP contribution in [-0.4, -0.2) is 32.8 Å². The Kier molecular flexibility index (Phi) is 6.32. The van der Waals surface area contributed by atoms with Gasteiger partial charge in [0.2, 0.25) is 0 Å². The third-order valence-electron chi connectivity index (χ3n) is 3.35. The summed E-state index contributed by atoms with van der Waals surface area (Å²) in [6.07, 6.45) is 0. The number of aliphatic imine (C=N–C) groups is 1. The second-order valence-corrected chi connectivity index (χ2v) is 5.54. The summed E-state index contributed by atoms with van der Waals surface area (Å²) in [4.78, 5) is 4.23. The van der Waals surface area contributed by atoms with Crippen molar-refractivity contribution in [1.29, 1.82) is 0 Å². The van der Waals surface area contributed by atoms with Crippen LogP contribution in [-0.2, 0) is 4.74 Å². The molecule has 1 aromatic rings. The van der Waals surface area contributed by atoms with Crippen molar-refractivity contribution in [3.63, 3.8) is 0 Å². The Labute approximate surface area is 137 Å². The van der Waals surface area contributed by atoms with Crippen LogP contribution in [0.1, 0.15) is 31.4 Å². The summed E-state index contributed by atoms with van der Waals surface area (Å²) in [6, 6.07) is 4.04. The summed E-state index contributed by atoms with van der Waals surface area (Å²) in [5.41, 5.74) is 0.224. The lowest BCUT2D eigenvalue weighted by Crippen LogP contribution is -2.51. The van der Waals surface area contributed by atoms with Crippen LogP contribution in [0.4, 0.5) is 0 Å². The fourth-order valence-electron chi connectivity index (χ4n) is 2.01. The van der Waals surface area contributed by atoms with Gasteiger partial charge in [-0.1, -0.05) is 6.92 Å². The monoisotopic (exact) mass is 393 g/mol. The minimum Gasteiger partial charge on any atom is -0.464 e. The van der Waals surface area contributed by atoms with Gasteiger partial charge in [-0.3, -0.25) is 4.99 Å². The van der Waals surface area contributed by atoms with Crippen LogP contribution in [0.5, 0.6) is 0 Å². The van der Waals surface area contributed by atoms with Gasteiger partial charge in [-0.15, -0.1) is 24.0 Å². The van der Waals surface area contributed by atoms with Crippen molar-refractivity contribution in [3.8, 4) is 0 Å². The van der Waals surface area contributed by atoms with Gasteiger partial charge in [0.15, 0.2) is 5.96 Å². The van der Waals surface area contributed by atoms with E-state index < -0.39 is 0 Å². The normalized spacial score (nSPS) is 18.7. The number of furan rings is 1. The standard InChI is InChI=1S/C14H23N3O2.HI/c1-10-5-6-12(19-10)11(2)17-13(15-4)16-7-14(3)8-18-9-14;/h5-6,11H,7-9H2,1-4H3,(H2,15,16,17);1H. The van der Waals surface area contributed by atoms with Crippen molar-refractivity contribution in [2.45, 2.75) is 26.8 Å². The number of nitrogens with zero attached hydrogens (tertiary/aromatic N) is 1. The van der Waals surface area contributed by atoms with E-state index in [0.29, 0.717) is 0 Å². The number of ether oxygens (including phenoxy) is 1. The zero-order chi connectivity index (χ0) is 13.9. The number of guanidine groups is 1. The molecule has 0 saturated carbocycles. The molecule has 1 aromatic heterocycles. The van der Waals surface area contributed by atoms with Gasteiger partial charge in [-0.05, 0) is 26.0 Å². The molecule has 0 radical (unpaired) electrons. The summed E-state index contributed by atoms with van der Waals surface area (Å²) in [5, 5.41) is 6.66. The number of hydrogen-bond donors (Lipinski definition) is 2. The van der Waals surface area contributed by atoms with E-state index in [1.807, 2.05) is 19.1 Å². The number of rotatable bonds is 4. The molecule has 1 fully saturated rings. The molecule has 1 aliphatic heterocycles. The van der Waals surface area contributed by atoms with Crippen LogP contribution >= 0.6 is 24.0 Å². The van der Waals surface area contributed by atoms with Crippen molar-refractivity contribution in [3.05, 3.63) is 23.7 Å². The van der Waals surface area contributed by atoms with Crippen LogP contribution in [0.2, 0.25) is 0 Å². The molecule has 1 saturated heterocycles. The number of aryl methyl sites for hydroxylation is 1. The van der Waals surface area contributed by atoms with Crippen molar-refractivity contribution in [2.75, 3.05) is 26.8 Å². The Balaban J connectivity index is 0.00000200. The molecule has 2 heterocycles. The Morgan fingerprint density at radius 2 is 2.15 bits per heavy atom. The molecule has 0 spiro atoms. The molecule has 1 atom stereocenters. The molecule has 0 bridgehead atoms. The van der Waals surface area contributed by atoms with Crippen LogP contribution in [0, 0.1) is 12.3 Å². The first-order chi connectivity index (χ1) is 9.02. The average molecular weight is 393 g/mol. The average Bonchev–Trinajstić information content (AvgIpc) is 2.78. The molecule has 1 aliphatic rings. The quantitative estimate of drug-likeness (QED) is 0.469. The molecule has 5 nitrogen and oxygen atoms in total. The smallest absolute Gasteiger partial charge is 0.191 e. The molecule has 0 amide bonds. The SMILES string of the molecule is CN=C(NCC1(C)COC1)NC(C)c1ccc(C)o1.I. The first-order valence-electron chi connectivity index (χ1n) is 6.64. The molecule has 2 rings (SSSR count). The van der Waals surface area contributed by atoms with Gasteiger partial charge in [0.25, 0.3) is 0 Å². The van der Waals surface area contributed by atoms with Crippen molar-refractivity contribution < 1.29 is 9.15 Å². The predicted molar refractivity (Wildman–Crippen MR) is 90.7 cm³/mol. The number of hydrogen-bond acceptors (Lipinski definition) is 3. The first-order valence-corrected chi connectivity index (χ1v) is 6.64. The predicted octanol–water partition coefficient (Wildman–Crippen LogP) is 2.47. The van der Waals surface area contributed by atoms with E-state index in [4.69, 9.17) is 9.15 Å². The van der Waals surface area contributed by atoms with Gasteiger partial charge in [0.05, 0.1) is 19.3 Å². The molecule has 20 heavy (non-hydrogen) atoms. The zero-order valence-corrected chi connectivity index (χ0v) is 14.9. The molecule has 0 aromatic carbocycles. The van der Waals surface area contributed by atoms with Gasteiger partial charge in [-0.25, -0.2) is 0 Å². The molecule has 0 aliphatic carbocycles. The molecule has 2 N–H and O–H groups in total. The van der Waals surface area contributed by atoms with E-state index >= 15 is 0 Å². The molecular formula is C14H24IN3O2. The van der Waals surface area contributed by atoms with E-state index in [1.165, 1.54) is 0 Å². The van der Waals surface area contributed by atoms with E-state index in [0.717, 1.165) is 37.2 Å². The zero-order valence-electron chi connectivity index (χ0n) is 12.5. The summed E-state index contributed by atoms with van der Waals surface area (Å²) in [6.45, 7) is 8.68. The van der Waals surface area contributed by atoms with Crippen molar-refractivity contribution in [1.82, 2.24) is 10.6 Å². The van der Waals surface area contributed by atoms with Crippen LogP contribution in [0.3, 0.4) is 0 Å². The second-order valence-electron chi connectivity index (χ2n) is 5.54. The molecule has 6 heteroatoms. The maximum atomic E-state index is 5.60.